The molecule has 0 unspecified atom stereocenters. The lowest BCUT2D eigenvalue weighted by Gasteiger charge is -2.37. The molecule has 1 aliphatic heterocycles. The summed E-state index contributed by atoms with van der Waals surface area (Å²) >= 11 is 0. The molecule has 1 saturated heterocycles. The van der Waals surface area contributed by atoms with Crippen LogP contribution in [0.4, 0.5) is 5.82 Å². The van der Waals surface area contributed by atoms with Crippen molar-refractivity contribution in [3.63, 3.8) is 0 Å². The minimum absolute atomic E-state index is 0.549. The maximum atomic E-state index is 5.47. The molecule has 7 heteroatoms. The Morgan fingerprint density at radius 3 is 2.57 bits per heavy atom. The van der Waals surface area contributed by atoms with Crippen LogP contribution in [0.25, 0.3) is 11.3 Å². The van der Waals surface area contributed by atoms with Crippen LogP contribution in [-0.4, -0.2) is 54.2 Å². The molecule has 0 radical (unpaired) electrons. The SMILES string of the molecule is CN=C(NCc1cc(-c2ccccc2)no1)N1CCN(c2ccccn2)CC1. The van der Waals surface area contributed by atoms with E-state index in [0.29, 0.717) is 6.54 Å². The number of anilines is 1. The molecule has 7 nitrogen and oxygen atoms in total. The normalized spacial score (nSPS) is 15.0. The first-order valence-corrected chi connectivity index (χ1v) is 9.46. The number of hydrogen-bond acceptors (Lipinski definition) is 5. The average molecular weight is 376 g/mol. The van der Waals surface area contributed by atoms with E-state index in [1.54, 1.807) is 0 Å². The van der Waals surface area contributed by atoms with Crippen LogP contribution < -0.4 is 10.2 Å². The molecule has 2 aromatic heterocycles. The Kier molecular flexibility index (Phi) is 5.51. The van der Waals surface area contributed by atoms with Gasteiger partial charge in [-0.25, -0.2) is 4.98 Å². The number of aromatic nitrogens is 2. The van der Waals surface area contributed by atoms with E-state index in [2.05, 4.69) is 36.3 Å². The monoisotopic (exact) mass is 376 g/mol. The van der Waals surface area contributed by atoms with Crippen molar-refractivity contribution in [2.24, 2.45) is 4.99 Å². The number of aliphatic imine (C=N–C) groups is 1. The smallest absolute Gasteiger partial charge is 0.194 e. The highest BCUT2D eigenvalue weighted by Crippen LogP contribution is 2.18. The zero-order valence-electron chi connectivity index (χ0n) is 16.0. The summed E-state index contributed by atoms with van der Waals surface area (Å²) in [7, 11) is 1.81. The maximum Gasteiger partial charge on any atom is 0.194 e. The van der Waals surface area contributed by atoms with Crippen molar-refractivity contribution >= 4 is 11.8 Å². The molecule has 0 saturated carbocycles. The van der Waals surface area contributed by atoms with Gasteiger partial charge in [-0.05, 0) is 12.1 Å². The molecular weight excluding hydrogens is 352 g/mol. The third kappa shape index (κ3) is 4.14. The molecule has 1 aromatic carbocycles. The summed E-state index contributed by atoms with van der Waals surface area (Å²) in [5.74, 6) is 2.69. The molecule has 144 valence electrons. The summed E-state index contributed by atoms with van der Waals surface area (Å²) in [5, 5.41) is 7.55. The van der Waals surface area contributed by atoms with Gasteiger partial charge in [-0.2, -0.15) is 0 Å². The third-order valence-corrected chi connectivity index (χ3v) is 4.81. The van der Waals surface area contributed by atoms with Gasteiger partial charge >= 0.3 is 0 Å². The fourth-order valence-corrected chi connectivity index (χ4v) is 3.33. The van der Waals surface area contributed by atoms with Crippen molar-refractivity contribution in [1.82, 2.24) is 20.4 Å². The van der Waals surface area contributed by atoms with E-state index >= 15 is 0 Å². The van der Waals surface area contributed by atoms with Crippen molar-refractivity contribution in [1.29, 1.82) is 0 Å². The van der Waals surface area contributed by atoms with E-state index in [9.17, 15) is 0 Å². The average Bonchev–Trinajstić information content (AvgIpc) is 3.25. The van der Waals surface area contributed by atoms with Gasteiger partial charge in [0.1, 0.15) is 11.5 Å². The Bertz CT molecular complexity index is 901. The largest absolute Gasteiger partial charge is 0.359 e. The molecule has 0 bridgehead atoms. The molecule has 3 aromatic rings. The second-order valence-electron chi connectivity index (χ2n) is 6.61. The van der Waals surface area contributed by atoms with Gasteiger partial charge in [0.15, 0.2) is 11.7 Å². The summed E-state index contributed by atoms with van der Waals surface area (Å²) in [4.78, 5) is 13.4. The van der Waals surface area contributed by atoms with E-state index in [0.717, 1.165) is 55.0 Å². The van der Waals surface area contributed by atoms with Crippen LogP contribution >= 0.6 is 0 Å². The Morgan fingerprint density at radius 1 is 1.07 bits per heavy atom. The second-order valence-corrected chi connectivity index (χ2v) is 6.61. The number of guanidine groups is 1. The summed E-state index contributed by atoms with van der Waals surface area (Å²) in [6.07, 6.45) is 1.84. The zero-order valence-corrected chi connectivity index (χ0v) is 16.0. The zero-order chi connectivity index (χ0) is 19.2. The topological polar surface area (TPSA) is 69.8 Å². The fourth-order valence-electron chi connectivity index (χ4n) is 3.33. The second kappa shape index (κ2) is 8.56. The van der Waals surface area contributed by atoms with Gasteiger partial charge in [0.2, 0.25) is 0 Å². The molecule has 1 N–H and O–H groups in total. The first kappa shape index (κ1) is 18.0. The summed E-state index contributed by atoms with van der Waals surface area (Å²) in [6.45, 7) is 4.16. The number of hydrogen-bond donors (Lipinski definition) is 1. The van der Waals surface area contributed by atoms with Gasteiger partial charge in [0.25, 0.3) is 0 Å². The minimum atomic E-state index is 0.549. The van der Waals surface area contributed by atoms with Crippen LogP contribution in [0, 0.1) is 0 Å². The predicted octanol–water partition coefficient (Wildman–Crippen LogP) is 2.63. The Morgan fingerprint density at radius 2 is 1.86 bits per heavy atom. The van der Waals surface area contributed by atoms with Gasteiger partial charge in [-0.3, -0.25) is 4.99 Å². The molecule has 0 amide bonds. The Labute approximate surface area is 164 Å². The highest BCUT2D eigenvalue weighted by atomic mass is 16.5. The van der Waals surface area contributed by atoms with E-state index in [4.69, 9.17) is 4.52 Å². The summed E-state index contributed by atoms with van der Waals surface area (Å²) in [6, 6.07) is 18.0. The number of piperazine rings is 1. The van der Waals surface area contributed by atoms with Gasteiger partial charge in [0.05, 0.1) is 6.54 Å². The van der Waals surface area contributed by atoms with E-state index in [1.807, 2.05) is 61.8 Å². The van der Waals surface area contributed by atoms with Gasteiger partial charge in [-0.15, -0.1) is 0 Å². The van der Waals surface area contributed by atoms with Crippen LogP contribution in [0.3, 0.4) is 0 Å². The number of pyridine rings is 1. The van der Waals surface area contributed by atoms with Crippen molar-refractivity contribution in [2.45, 2.75) is 6.54 Å². The van der Waals surface area contributed by atoms with E-state index in [-0.39, 0.29) is 0 Å². The van der Waals surface area contributed by atoms with Crippen molar-refractivity contribution in [3.05, 3.63) is 66.6 Å². The molecule has 1 fully saturated rings. The molecule has 0 atom stereocenters. The number of benzene rings is 1. The van der Waals surface area contributed by atoms with Crippen molar-refractivity contribution in [3.8, 4) is 11.3 Å². The van der Waals surface area contributed by atoms with Crippen molar-refractivity contribution in [2.75, 3.05) is 38.1 Å². The minimum Gasteiger partial charge on any atom is -0.359 e. The Hall–Kier alpha value is -3.35. The molecule has 4 rings (SSSR count). The van der Waals surface area contributed by atoms with Gasteiger partial charge in [-0.1, -0.05) is 41.6 Å². The quantitative estimate of drug-likeness (QED) is 0.558. The van der Waals surface area contributed by atoms with Crippen LogP contribution in [0.5, 0.6) is 0 Å². The number of nitrogens with one attached hydrogen (secondary N) is 1. The Balaban J connectivity index is 1.32. The molecule has 28 heavy (non-hydrogen) atoms. The van der Waals surface area contributed by atoms with Crippen LogP contribution in [0.1, 0.15) is 5.76 Å². The van der Waals surface area contributed by atoms with E-state index < -0.39 is 0 Å². The highest BCUT2D eigenvalue weighted by molar-refractivity contribution is 5.80. The first-order valence-electron chi connectivity index (χ1n) is 9.46. The first-order chi connectivity index (χ1) is 13.8. The lowest BCUT2D eigenvalue weighted by molar-refractivity contribution is 0.358. The number of nitrogens with zero attached hydrogens (tertiary/aromatic N) is 5. The lowest BCUT2D eigenvalue weighted by atomic mass is 10.1. The summed E-state index contributed by atoms with van der Waals surface area (Å²) < 4.78 is 5.47. The molecular formula is C21H24N6O. The summed E-state index contributed by atoms with van der Waals surface area (Å²) in [5.41, 5.74) is 1.89. The van der Waals surface area contributed by atoms with Crippen LogP contribution in [-0.2, 0) is 6.54 Å². The third-order valence-electron chi connectivity index (χ3n) is 4.81. The lowest BCUT2D eigenvalue weighted by Crippen LogP contribution is -2.52. The predicted molar refractivity (Wildman–Crippen MR) is 110 cm³/mol. The van der Waals surface area contributed by atoms with Crippen molar-refractivity contribution < 1.29 is 4.52 Å². The molecule has 0 spiro atoms. The molecule has 3 heterocycles. The van der Waals surface area contributed by atoms with E-state index in [1.165, 1.54) is 0 Å². The number of rotatable bonds is 4. The molecule has 0 aliphatic carbocycles. The van der Waals surface area contributed by atoms with Crippen LogP contribution in [0.15, 0.2) is 70.3 Å². The van der Waals surface area contributed by atoms with Gasteiger partial charge < -0.3 is 19.6 Å². The molecule has 1 aliphatic rings. The van der Waals surface area contributed by atoms with Gasteiger partial charge in [0, 0.05) is 51.1 Å². The fraction of sp³-hybridized carbons (Fsp3) is 0.286. The van der Waals surface area contributed by atoms with Crippen LogP contribution in [0.2, 0.25) is 0 Å². The maximum absolute atomic E-state index is 5.47. The standard InChI is InChI=1S/C21H24N6O/c1-22-21(27-13-11-26(12-14-27)20-9-5-6-10-23-20)24-16-18-15-19(25-28-18)17-7-3-2-4-8-17/h2-10,15H,11-14,16H2,1H3,(H,22,24). The highest BCUT2D eigenvalue weighted by Gasteiger charge is 2.20.